The van der Waals surface area contributed by atoms with Crippen LogP contribution in [-0.2, 0) is 0 Å². The molecule has 28 heavy (non-hydrogen) atoms. The second-order valence-electron chi connectivity index (χ2n) is 7.57. The molecule has 1 aliphatic heterocycles. The highest BCUT2D eigenvalue weighted by Crippen LogP contribution is 2.40. The molecule has 3 unspecified atom stereocenters. The van der Waals surface area contributed by atoms with E-state index >= 15 is 0 Å². The smallest absolute Gasteiger partial charge is 0.273 e. The van der Waals surface area contributed by atoms with Gasteiger partial charge in [0.25, 0.3) is 5.91 Å². The van der Waals surface area contributed by atoms with Gasteiger partial charge in [0, 0.05) is 25.0 Å². The second kappa shape index (κ2) is 6.74. The van der Waals surface area contributed by atoms with Crippen molar-refractivity contribution >= 4 is 11.7 Å². The van der Waals surface area contributed by atoms with Gasteiger partial charge in [-0.1, -0.05) is 6.07 Å². The predicted octanol–water partition coefficient (Wildman–Crippen LogP) is 3.16. The van der Waals surface area contributed by atoms with Gasteiger partial charge in [0.1, 0.15) is 17.8 Å². The van der Waals surface area contributed by atoms with E-state index in [-0.39, 0.29) is 18.0 Å². The number of hydrogen-bond donors (Lipinski definition) is 1. The number of fused-ring (bicyclic) bond motifs is 2. The largest absolute Gasteiger partial charge is 0.444 e. The van der Waals surface area contributed by atoms with Crippen LogP contribution in [0, 0.1) is 12.8 Å². The molecule has 7 nitrogen and oxygen atoms in total. The number of hydrogen-bond acceptors (Lipinski definition) is 6. The Labute approximate surface area is 162 Å². The van der Waals surface area contributed by atoms with E-state index in [0.29, 0.717) is 23.1 Å². The first-order chi connectivity index (χ1) is 13.7. The third kappa shape index (κ3) is 2.93. The summed E-state index contributed by atoms with van der Waals surface area (Å²) < 4.78 is 5.40. The Morgan fingerprint density at radius 2 is 2.11 bits per heavy atom. The van der Waals surface area contributed by atoms with Crippen LogP contribution in [0.15, 0.2) is 53.5 Å². The topological polar surface area (TPSA) is 84.2 Å². The van der Waals surface area contributed by atoms with E-state index in [1.54, 1.807) is 18.5 Å². The van der Waals surface area contributed by atoms with Crippen LogP contribution in [0.5, 0.6) is 0 Å². The minimum Gasteiger partial charge on any atom is -0.444 e. The zero-order valence-electron chi connectivity index (χ0n) is 15.6. The van der Waals surface area contributed by atoms with Gasteiger partial charge in [-0.2, -0.15) is 0 Å². The first kappa shape index (κ1) is 16.9. The van der Waals surface area contributed by atoms with E-state index in [1.807, 2.05) is 36.2 Å². The van der Waals surface area contributed by atoms with Gasteiger partial charge in [-0.05, 0) is 49.4 Å². The highest BCUT2D eigenvalue weighted by molar-refractivity contribution is 5.98. The lowest BCUT2D eigenvalue weighted by atomic mass is 10.0. The molecule has 7 heteroatoms. The fourth-order valence-electron chi connectivity index (χ4n) is 4.40. The molecule has 3 aromatic rings. The predicted molar refractivity (Wildman–Crippen MR) is 104 cm³/mol. The van der Waals surface area contributed by atoms with Gasteiger partial charge in [0.2, 0.25) is 5.89 Å². The van der Waals surface area contributed by atoms with Crippen molar-refractivity contribution < 1.29 is 9.21 Å². The number of aryl methyl sites for hydroxylation is 1. The van der Waals surface area contributed by atoms with E-state index in [1.165, 1.54) is 6.26 Å². The summed E-state index contributed by atoms with van der Waals surface area (Å²) in [5.41, 5.74) is 2.15. The fraction of sp³-hybridized carbons (Fsp3) is 0.333. The number of anilines is 1. The molecule has 5 rings (SSSR count). The van der Waals surface area contributed by atoms with Crippen molar-refractivity contribution in [1.29, 1.82) is 0 Å². The third-order valence-electron chi connectivity index (χ3n) is 5.66. The van der Waals surface area contributed by atoms with Crippen LogP contribution in [-0.4, -0.2) is 44.4 Å². The summed E-state index contributed by atoms with van der Waals surface area (Å²) in [4.78, 5) is 28.3. The van der Waals surface area contributed by atoms with E-state index < -0.39 is 0 Å². The maximum Gasteiger partial charge on any atom is 0.273 e. The summed E-state index contributed by atoms with van der Waals surface area (Å²) in [5, 5.41) is 3.52. The number of carbonyl (C=O) groups excluding carboxylic acids is 1. The summed E-state index contributed by atoms with van der Waals surface area (Å²) in [6.07, 6.45) is 8.63. The Morgan fingerprint density at radius 3 is 2.86 bits per heavy atom. The van der Waals surface area contributed by atoms with Gasteiger partial charge >= 0.3 is 0 Å². The molecular weight excluding hydrogens is 354 g/mol. The quantitative estimate of drug-likeness (QED) is 0.754. The highest BCUT2D eigenvalue weighted by Gasteiger charge is 2.47. The number of piperidine rings is 1. The maximum absolute atomic E-state index is 13.3. The van der Waals surface area contributed by atoms with E-state index in [4.69, 9.17) is 4.42 Å². The third-order valence-corrected chi connectivity index (χ3v) is 5.66. The van der Waals surface area contributed by atoms with E-state index in [2.05, 4.69) is 20.3 Å². The Kier molecular flexibility index (Phi) is 4.07. The van der Waals surface area contributed by atoms with E-state index in [0.717, 1.165) is 30.8 Å². The Hall–Kier alpha value is -3.22. The SMILES string of the molecule is Cc1ccc(NC2CC3CC2N(C(=O)c2ncccc2-c2ncco2)C3)nc1. The average Bonchev–Trinajstić information content (AvgIpc) is 3.46. The molecule has 3 aromatic heterocycles. The fourth-order valence-corrected chi connectivity index (χ4v) is 4.40. The van der Waals surface area contributed by atoms with Crippen molar-refractivity contribution in [2.75, 3.05) is 11.9 Å². The molecule has 0 aromatic carbocycles. The minimum absolute atomic E-state index is 0.0651. The molecular formula is C21H21N5O2. The van der Waals surface area contributed by atoms with E-state index in [9.17, 15) is 4.79 Å². The van der Waals surface area contributed by atoms with Gasteiger partial charge in [0.05, 0.1) is 17.8 Å². The maximum atomic E-state index is 13.3. The molecule has 2 aliphatic rings. The molecule has 0 spiro atoms. The molecule has 0 radical (unpaired) electrons. The molecule has 2 bridgehead atoms. The molecule has 1 N–H and O–H groups in total. The monoisotopic (exact) mass is 375 g/mol. The molecule has 4 heterocycles. The standard InChI is InChI=1S/C21H21N5O2/c1-13-4-5-18(24-11-13)25-16-9-14-10-17(16)26(12-14)21(27)19-15(3-2-6-22-19)20-23-7-8-28-20/h2-8,11,14,16-17H,9-10,12H2,1H3,(H,24,25). The number of oxazole rings is 1. The lowest BCUT2D eigenvalue weighted by Crippen LogP contribution is -2.48. The van der Waals surface area contributed by atoms with Crippen molar-refractivity contribution in [2.24, 2.45) is 5.92 Å². The lowest BCUT2D eigenvalue weighted by Gasteiger charge is -2.34. The van der Waals surface area contributed by atoms with Gasteiger partial charge in [0.15, 0.2) is 0 Å². The van der Waals surface area contributed by atoms with Crippen LogP contribution in [0.2, 0.25) is 0 Å². The normalized spacial score (nSPS) is 23.2. The lowest BCUT2D eigenvalue weighted by molar-refractivity contribution is 0.0686. The van der Waals surface area contributed by atoms with Crippen LogP contribution >= 0.6 is 0 Å². The molecule has 3 atom stereocenters. The molecule has 1 saturated carbocycles. The van der Waals surface area contributed by atoms with Crippen LogP contribution < -0.4 is 5.32 Å². The molecule has 1 saturated heterocycles. The van der Waals surface area contributed by atoms with Crippen LogP contribution in [0.1, 0.15) is 28.9 Å². The minimum atomic E-state index is -0.0651. The second-order valence-corrected chi connectivity index (χ2v) is 7.57. The average molecular weight is 375 g/mol. The molecule has 1 amide bonds. The number of carbonyl (C=O) groups is 1. The summed E-state index contributed by atoms with van der Waals surface area (Å²) >= 11 is 0. The summed E-state index contributed by atoms with van der Waals surface area (Å²) in [7, 11) is 0. The number of nitrogens with zero attached hydrogens (tertiary/aromatic N) is 4. The molecule has 1 aliphatic carbocycles. The Morgan fingerprint density at radius 1 is 1.18 bits per heavy atom. The number of pyridine rings is 2. The zero-order valence-corrected chi connectivity index (χ0v) is 15.6. The zero-order chi connectivity index (χ0) is 19.1. The van der Waals surface area contributed by atoms with Gasteiger partial charge < -0.3 is 14.6 Å². The number of nitrogens with one attached hydrogen (secondary N) is 1. The van der Waals surface area contributed by atoms with Gasteiger partial charge in [-0.3, -0.25) is 9.78 Å². The number of amides is 1. The van der Waals surface area contributed by atoms with Crippen LogP contribution in [0.4, 0.5) is 5.82 Å². The Balaban J connectivity index is 1.39. The van der Waals surface area contributed by atoms with Crippen molar-refractivity contribution in [3.8, 4) is 11.5 Å². The number of likely N-dealkylation sites (tertiary alicyclic amines) is 1. The summed E-state index contributed by atoms with van der Waals surface area (Å²) in [5.74, 6) is 1.71. The van der Waals surface area contributed by atoms with Gasteiger partial charge in [-0.25, -0.2) is 9.97 Å². The first-order valence-electron chi connectivity index (χ1n) is 9.54. The van der Waals surface area contributed by atoms with Crippen molar-refractivity contribution in [3.63, 3.8) is 0 Å². The molecule has 142 valence electrons. The van der Waals surface area contributed by atoms with Gasteiger partial charge in [-0.15, -0.1) is 0 Å². The first-order valence-corrected chi connectivity index (χ1v) is 9.54. The number of rotatable bonds is 4. The summed E-state index contributed by atoms with van der Waals surface area (Å²) in [6, 6.07) is 7.99. The van der Waals surface area contributed by atoms with Crippen molar-refractivity contribution in [3.05, 3.63) is 60.4 Å². The van der Waals surface area contributed by atoms with Crippen LogP contribution in [0.3, 0.4) is 0 Å². The van der Waals surface area contributed by atoms with Crippen molar-refractivity contribution in [1.82, 2.24) is 19.9 Å². The van der Waals surface area contributed by atoms with Crippen LogP contribution in [0.25, 0.3) is 11.5 Å². The van der Waals surface area contributed by atoms with Crippen molar-refractivity contribution in [2.45, 2.75) is 31.8 Å². The summed E-state index contributed by atoms with van der Waals surface area (Å²) in [6.45, 7) is 2.79. The Bertz CT molecular complexity index is 986. The molecule has 2 fully saturated rings. The highest BCUT2D eigenvalue weighted by atomic mass is 16.3. The number of aromatic nitrogens is 3.